The Balaban J connectivity index is 1.93. The average Bonchev–Trinajstić information content (AvgIpc) is 2.48. The summed E-state index contributed by atoms with van der Waals surface area (Å²) < 4.78 is 0. The molecule has 19 heavy (non-hydrogen) atoms. The molecule has 98 valence electrons. The summed E-state index contributed by atoms with van der Waals surface area (Å²) in [7, 11) is 0. The van der Waals surface area contributed by atoms with Crippen molar-refractivity contribution in [1.29, 1.82) is 0 Å². The van der Waals surface area contributed by atoms with Crippen molar-refractivity contribution in [1.82, 2.24) is 0 Å². The summed E-state index contributed by atoms with van der Waals surface area (Å²) in [6, 6.07) is 17.7. The molecule has 0 radical (unpaired) electrons. The molecule has 0 aliphatic carbocycles. The lowest BCUT2D eigenvalue weighted by Crippen LogP contribution is -1.87. The number of hydrogen-bond acceptors (Lipinski definition) is 4. The highest BCUT2D eigenvalue weighted by molar-refractivity contribution is 7.98. The van der Waals surface area contributed by atoms with E-state index in [1.54, 1.807) is 11.8 Å². The Bertz CT molecular complexity index is 511. The van der Waals surface area contributed by atoms with E-state index in [0.29, 0.717) is 0 Å². The minimum atomic E-state index is 0.230. The van der Waals surface area contributed by atoms with Crippen molar-refractivity contribution in [2.24, 2.45) is 10.2 Å². The lowest BCUT2D eigenvalue weighted by Gasteiger charge is -2.00. The van der Waals surface area contributed by atoms with Gasteiger partial charge >= 0.3 is 0 Å². The SMILES string of the molecule is OCCSCc1ccc(/N=N/c2ccccc2)cc1. The summed E-state index contributed by atoms with van der Waals surface area (Å²) in [6.45, 7) is 0.230. The van der Waals surface area contributed by atoms with E-state index in [9.17, 15) is 0 Å². The fourth-order valence-electron chi connectivity index (χ4n) is 1.52. The molecule has 2 aromatic carbocycles. The summed E-state index contributed by atoms with van der Waals surface area (Å²) in [5.41, 5.74) is 2.93. The molecule has 0 heterocycles. The molecule has 0 saturated carbocycles. The second kappa shape index (κ2) is 7.71. The Morgan fingerprint density at radius 2 is 1.47 bits per heavy atom. The zero-order valence-corrected chi connectivity index (χ0v) is 11.4. The highest BCUT2D eigenvalue weighted by atomic mass is 32.2. The summed E-state index contributed by atoms with van der Waals surface area (Å²) in [5.74, 6) is 1.69. The van der Waals surface area contributed by atoms with Crippen molar-refractivity contribution in [3.63, 3.8) is 0 Å². The second-order valence-corrected chi connectivity index (χ2v) is 5.08. The van der Waals surface area contributed by atoms with E-state index in [1.165, 1.54) is 5.56 Å². The normalized spacial score (nSPS) is 11.0. The number of rotatable bonds is 6. The topological polar surface area (TPSA) is 45.0 Å². The van der Waals surface area contributed by atoms with Gasteiger partial charge in [0, 0.05) is 11.5 Å². The van der Waals surface area contributed by atoms with Crippen molar-refractivity contribution in [3.05, 3.63) is 60.2 Å². The van der Waals surface area contributed by atoms with Crippen LogP contribution in [0.3, 0.4) is 0 Å². The van der Waals surface area contributed by atoms with Gasteiger partial charge in [0.05, 0.1) is 18.0 Å². The summed E-state index contributed by atoms with van der Waals surface area (Å²) >= 11 is 1.72. The standard InChI is InChI=1S/C15H16N2OS/c18-10-11-19-12-13-6-8-15(9-7-13)17-16-14-4-2-1-3-5-14/h1-9,18H,10-12H2/b17-16+. The molecule has 0 amide bonds. The first-order valence-corrected chi connectivity index (χ1v) is 7.28. The molecule has 0 aliphatic rings. The fourth-order valence-corrected chi connectivity index (χ4v) is 2.23. The molecule has 3 nitrogen and oxygen atoms in total. The molecule has 1 N–H and O–H groups in total. The predicted octanol–water partition coefficient (Wildman–Crippen LogP) is 4.33. The van der Waals surface area contributed by atoms with Gasteiger partial charge in [0.25, 0.3) is 0 Å². The van der Waals surface area contributed by atoms with Crippen LogP contribution in [0.4, 0.5) is 11.4 Å². The van der Waals surface area contributed by atoms with Crippen molar-refractivity contribution >= 4 is 23.1 Å². The number of hydrogen-bond donors (Lipinski definition) is 1. The molecular weight excluding hydrogens is 256 g/mol. The Morgan fingerprint density at radius 3 is 2.11 bits per heavy atom. The van der Waals surface area contributed by atoms with E-state index in [1.807, 2.05) is 54.6 Å². The van der Waals surface area contributed by atoms with Crippen LogP contribution < -0.4 is 0 Å². The highest BCUT2D eigenvalue weighted by Crippen LogP contribution is 2.20. The molecule has 4 heteroatoms. The van der Waals surface area contributed by atoms with Gasteiger partial charge in [0.1, 0.15) is 0 Å². The third-order valence-corrected chi connectivity index (χ3v) is 3.49. The number of azo groups is 1. The summed E-state index contributed by atoms with van der Waals surface area (Å²) in [5, 5.41) is 17.1. The Hall–Kier alpha value is -1.65. The first kappa shape index (κ1) is 13.8. The van der Waals surface area contributed by atoms with Crippen LogP contribution in [-0.2, 0) is 5.75 Å². The van der Waals surface area contributed by atoms with Crippen LogP contribution in [0, 0.1) is 0 Å². The molecule has 0 fully saturated rings. The van der Waals surface area contributed by atoms with Gasteiger partial charge in [-0.15, -0.1) is 0 Å². The average molecular weight is 272 g/mol. The van der Waals surface area contributed by atoms with Crippen LogP contribution in [0.1, 0.15) is 5.56 Å². The maximum absolute atomic E-state index is 8.72. The molecule has 0 unspecified atom stereocenters. The van der Waals surface area contributed by atoms with Crippen molar-refractivity contribution in [3.8, 4) is 0 Å². The number of aliphatic hydroxyl groups is 1. The molecule has 2 rings (SSSR count). The molecule has 0 atom stereocenters. The first-order chi connectivity index (χ1) is 9.38. The number of aliphatic hydroxyl groups excluding tert-OH is 1. The minimum Gasteiger partial charge on any atom is -0.396 e. The lowest BCUT2D eigenvalue weighted by molar-refractivity contribution is 0.322. The molecule has 0 aromatic heterocycles. The second-order valence-electron chi connectivity index (χ2n) is 3.98. The number of thioether (sulfide) groups is 1. The molecular formula is C15H16N2OS. The van der Waals surface area contributed by atoms with E-state index in [0.717, 1.165) is 22.9 Å². The van der Waals surface area contributed by atoms with E-state index < -0.39 is 0 Å². The Kier molecular flexibility index (Phi) is 5.59. The van der Waals surface area contributed by atoms with Gasteiger partial charge in [-0.3, -0.25) is 0 Å². The minimum absolute atomic E-state index is 0.230. The number of benzene rings is 2. The van der Waals surface area contributed by atoms with Gasteiger partial charge in [-0.1, -0.05) is 30.3 Å². The van der Waals surface area contributed by atoms with Crippen LogP contribution in [0.15, 0.2) is 64.8 Å². The van der Waals surface area contributed by atoms with Crippen molar-refractivity contribution in [2.75, 3.05) is 12.4 Å². The van der Waals surface area contributed by atoms with Gasteiger partial charge in [-0.2, -0.15) is 22.0 Å². The van der Waals surface area contributed by atoms with E-state index in [2.05, 4.69) is 10.2 Å². The maximum atomic E-state index is 8.72. The van der Waals surface area contributed by atoms with Crippen LogP contribution in [-0.4, -0.2) is 17.5 Å². The third kappa shape index (κ3) is 4.85. The monoisotopic (exact) mass is 272 g/mol. The fraction of sp³-hybridized carbons (Fsp3) is 0.200. The number of nitrogens with zero attached hydrogens (tertiary/aromatic N) is 2. The maximum Gasteiger partial charge on any atom is 0.0857 e. The highest BCUT2D eigenvalue weighted by Gasteiger charge is 1.95. The van der Waals surface area contributed by atoms with Crippen LogP contribution in [0.25, 0.3) is 0 Å². The smallest absolute Gasteiger partial charge is 0.0857 e. The molecule has 0 bridgehead atoms. The van der Waals surface area contributed by atoms with Gasteiger partial charge < -0.3 is 5.11 Å². The predicted molar refractivity (Wildman–Crippen MR) is 80.3 cm³/mol. The van der Waals surface area contributed by atoms with Crippen LogP contribution in [0.2, 0.25) is 0 Å². The molecule has 0 spiro atoms. The van der Waals surface area contributed by atoms with Gasteiger partial charge in [-0.25, -0.2) is 0 Å². The lowest BCUT2D eigenvalue weighted by atomic mass is 10.2. The van der Waals surface area contributed by atoms with Gasteiger partial charge in [0.15, 0.2) is 0 Å². The largest absolute Gasteiger partial charge is 0.396 e. The Labute approximate surface area is 117 Å². The Morgan fingerprint density at radius 1 is 0.842 bits per heavy atom. The molecule has 0 saturated heterocycles. The quantitative estimate of drug-likeness (QED) is 0.628. The van der Waals surface area contributed by atoms with Crippen molar-refractivity contribution in [2.45, 2.75) is 5.75 Å². The van der Waals surface area contributed by atoms with Gasteiger partial charge in [0.2, 0.25) is 0 Å². The van der Waals surface area contributed by atoms with Gasteiger partial charge in [-0.05, 0) is 29.8 Å². The van der Waals surface area contributed by atoms with Crippen LogP contribution in [0.5, 0.6) is 0 Å². The zero-order valence-electron chi connectivity index (χ0n) is 10.6. The van der Waals surface area contributed by atoms with E-state index in [-0.39, 0.29) is 6.61 Å². The zero-order chi connectivity index (χ0) is 13.3. The summed E-state index contributed by atoms with van der Waals surface area (Å²) in [6.07, 6.45) is 0. The van der Waals surface area contributed by atoms with Crippen molar-refractivity contribution < 1.29 is 5.11 Å². The summed E-state index contributed by atoms with van der Waals surface area (Å²) in [4.78, 5) is 0. The van der Waals surface area contributed by atoms with E-state index in [4.69, 9.17) is 5.11 Å². The molecule has 2 aromatic rings. The molecule has 0 aliphatic heterocycles. The third-order valence-electron chi connectivity index (χ3n) is 2.48. The first-order valence-electron chi connectivity index (χ1n) is 6.13. The van der Waals surface area contributed by atoms with Crippen LogP contribution >= 0.6 is 11.8 Å². The van der Waals surface area contributed by atoms with E-state index >= 15 is 0 Å².